The minimum absolute atomic E-state index is 0.0656. The van der Waals surface area contributed by atoms with Gasteiger partial charge in [-0.1, -0.05) is 35.9 Å². The molecular formula is C22H24ClFN4O. The van der Waals surface area contributed by atoms with Crippen LogP contribution in [0, 0.1) is 19.7 Å². The third-order valence-electron chi connectivity index (χ3n) is 4.85. The maximum Gasteiger partial charge on any atom is 0.238 e. The zero-order chi connectivity index (χ0) is 21.2. The van der Waals surface area contributed by atoms with Crippen LogP contribution in [0.4, 0.5) is 10.1 Å². The molecule has 0 spiro atoms. The first-order valence-electron chi connectivity index (χ1n) is 9.31. The average molecular weight is 415 g/mol. The SMILES string of the molecule is Cc1nn(-c2ccccc2)c(C)c1NC(=O)CNC(C)(C)c1ccc(F)cc1Cl. The molecule has 1 amide bonds. The number of aromatic nitrogens is 2. The van der Waals surface area contributed by atoms with Gasteiger partial charge in [-0.2, -0.15) is 5.10 Å². The largest absolute Gasteiger partial charge is 0.322 e. The number of halogens is 2. The number of hydrogen-bond donors (Lipinski definition) is 2. The second-order valence-corrected chi connectivity index (χ2v) is 7.85. The van der Waals surface area contributed by atoms with Crippen molar-refractivity contribution in [3.63, 3.8) is 0 Å². The van der Waals surface area contributed by atoms with Gasteiger partial charge in [0.05, 0.1) is 29.3 Å². The second-order valence-electron chi connectivity index (χ2n) is 7.44. The molecule has 0 saturated heterocycles. The number of amides is 1. The molecule has 0 aliphatic heterocycles. The summed E-state index contributed by atoms with van der Waals surface area (Å²) in [7, 11) is 0. The first kappa shape index (κ1) is 21.0. The van der Waals surface area contributed by atoms with Crippen molar-refractivity contribution < 1.29 is 9.18 Å². The van der Waals surface area contributed by atoms with E-state index in [2.05, 4.69) is 15.7 Å². The Kier molecular flexibility index (Phi) is 6.05. The van der Waals surface area contributed by atoms with Crippen LogP contribution in [-0.2, 0) is 10.3 Å². The van der Waals surface area contributed by atoms with Crippen molar-refractivity contribution in [3.8, 4) is 5.69 Å². The predicted octanol–water partition coefficient (Wildman–Crippen LogP) is 4.75. The number of benzene rings is 2. The average Bonchev–Trinajstić information content (AvgIpc) is 2.95. The van der Waals surface area contributed by atoms with Crippen LogP contribution in [0.1, 0.15) is 30.8 Å². The van der Waals surface area contributed by atoms with Crippen molar-refractivity contribution in [2.24, 2.45) is 0 Å². The molecule has 0 aliphatic rings. The molecule has 29 heavy (non-hydrogen) atoms. The van der Waals surface area contributed by atoms with Gasteiger partial charge in [0.2, 0.25) is 5.91 Å². The number of aryl methyl sites for hydroxylation is 1. The molecule has 0 bridgehead atoms. The molecule has 0 aliphatic carbocycles. The Labute approximate surface area is 174 Å². The van der Waals surface area contributed by atoms with Gasteiger partial charge >= 0.3 is 0 Å². The second kappa shape index (κ2) is 8.35. The molecule has 2 N–H and O–H groups in total. The molecule has 1 heterocycles. The van der Waals surface area contributed by atoms with Crippen molar-refractivity contribution in [2.75, 3.05) is 11.9 Å². The molecule has 0 unspecified atom stereocenters. The molecule has 152 valence electrons. The summed E-state index contributed by atoms with van der Waals surface area (Å²) in [5, 5.41) is 11.0. The lowest BCUT2D eigenvalue weighted by atomic mass is 9.94. The van der Waals surface area contributed by atoms with Gasteiger partial charge in [0, 0.05) is 10.6 Å². The Morgan fingerprint density at radius 1 is 1.17 bits per heavy atom. The lowest BCUT2D eigenvalue weighted by Gasteiger charge is -2.27. The Morgan fingerprint density at radius 2 is 1.86 bits per heavy atom. The molecular weight excluding hydrogens is 391 g/mol. The number of rotatable bonds is 6. The summed E-state index contributed by atoms with van der Waals surface area (Å²) in [6, 6.07) is 14.0. The fraction of sp³-hybridized carbons (Fsp3) is 0.273. The number of nitrogens with one attached hydrogen (secondary N) is 2. The van der Waals surface area contributed by atoms with E-state index in [1.54, 1.807) is 10.7 Å². The smallest absolute Gasteiger partial charge is 0.238 e. The number of anilines is 1. The number of carbonyl (C=O) groups is 1. The van der Waals surface area contributed by atoms with Crippen LogP contribution in [0.25, 0.3) is 5.69 Å². The lowest BCUT2D eigenvalue weighted by molar-refractivity contribution is -0.115. The minimum Gasteiger partial charge on any atom is -0.322 e. The molecule has 3 rings (SSSR count). The van der Waals surface area contributed by atoms with Crippen molar-refractivity contribution >= 4 is 23.2 Å². The Morgan fingerprint density at radius 3 is 2.52 bits per heavy atom. The summed E-state index contributed by atoms with van der Waals surface area (Å²) in [6.45, 7) is 7.62. The highest BCUT2D eigenvalue weighted by molar-refractivity contribution is 6.31. The fourth-order valence-corrected chi connectivity index (χ4v) is 3.62. The van der Waals surface area contributed by atoms with Gasteiger partial charge < -0.3 is 5.32 Å². The molecule has 1 aromatic heterocycles. The van der Waals surface area contributed by atoms with E-state index in [4.69, 9.17) is 11.6 Å². The number of para-hydroxylation sites is 1. The predicted molar refractivity (Wildman–Crippen MR) is 114 cm³/mol. The lowest BCUT2D eigenvalue weighted by Crippen LogP contribution is -2.41. The maximum absolute atomic E-state index is 13.3. The van der Waals surface area contributed by atoms with Crippen LogP contribution >= 0.6 is 11.6 Å². The summed E-state index contributed by atoms with van der Waals surface area (Å²) in [5.74, 6) is -0.594. The van der Waals surface area contributed by atoms with Gasteiger partial charge in [-0.25, -0.2) is 9.07 Å². The van der Waals surface area contributed by atoms with Crippen LogP contribution in [0.15, 0.2) is 48.5 Å². The Bertz CT molecular complexity index is 1030. The molecule has 0 atom stereocenters. The first-order valence-corrected chi connectivity index (χ1v) is 9.69. The third-order valence-corrected chi connectivity index (χ3v) is 5.16. The van der Waals surface area contributed by atoms with Crippen molar-refractivity contribution in [2.45, 2.75) is 33.2 Å². The van der Waals surface area contributed by atoms with Gasteiger partial charge in [0.25, 0.3) is 0 Å². The van der Waals surface area contributed by atoms with E-state index in [-0.39, 0.29) is 12.5 Å². The van der Waals surface area contributed by atoms with E-state index in [0.717, 1.165) is 22.6 Å². The van der Waals surface area contributed by atoms with E-state index in [1.807, 2.05) is 58.0 Å². The van der Waals surface area contributed by atoms with E-state index >= 15 is 0 Å². The summed E-state index contributed by atoms with van der Waals surface area (Å²) in [4.78, 5) is 12.6. The van der Waals surface area contributed by atoms with Crippen LogP contribution in [0.5, 0.6) is 0 Å². The third kappa shape index (κ3) is 4.66. The van der Waals surface area contributed by atoms with Gasteiger partial charge in [0.1, 0.15) is 5.82 Å². The molecule has 0 radical (unpaired) electrons. The number of carbonyl (C=O) groups excluding carboxylic acids is 1. The molecule has 2 aromatic carbocycles. The highest BCUT2D eigenvalue weighted by atomic mass is 35.5. The Balaban J connectivity index is 1.71. The van der Waals surface area contributed by atoms with Gasteiger partial charge in [-0.15, -0.1) is 0 Å². The van der Waals surface area contributed by atoms with Crippen LogP contribution < -0.4 is 10.6 Å². The topological polar surface area (TPSA) is 59.0 Å². The fourth-order valence-electron chi connectivity index (χ4n) is 3.22. The molecule has 3 aromatic rings. The van der Waals surface area contributed by atoms with Crippen molar-refractivity contribution in [3.05, 3.63) is 76.3 Å². The zero-order valence-corrected chi connectivity index (χ0v) is 17.6. The molecule has 0 saturated carbocycles. The molecule has 5 nitrogen and oxygen atoms in total. The van der Waals surface area contributed by atoms with Crippen molar-refractivity contribution in [1.29, 1.82) is 0 Å². The monoisotopic (exact) mass is 414 g/mol. The first-order chi connectivity index (χ1) is 13.7. The highest BCUT2D eigenvalue weighted by Gasteiger charge is 2.24. The molecule has 0 fully saturated rings. The minimum atomic E-state index is -0.611. The quantitative estimate of drug-likeness (QED) is 0.612. The van der Waals surface area contributed by atoms with Crippen LogP contribution in [0.3, 0.4) is 0 Å². The zero-order valence-electron chi connectivity index (χ0n) is 16.9. The van der Waals surface area contributed by atoms with Gasteiger partial charge in [-0.05, 0) is 57.5 Å². The summed E-state index contributed by atoms with van der Waals surface area (Å²) >= 11 is 6.17. The summed E-state index contributed by atoms with van der Waals surface area (Å²) in [5.41, 5.74) is 3.32. The number of hydrogen-bond acceptors (Lipinski definition) is 3. The highest BCUT2D eigenvalue weighted by Crippen LogP contribution is 2.28. The van der Waals surface area contributed by atoms with E-state index in [0.29, 0.717) is 10.7 Å². The standard InChI is InChI=1S/C22H24ClFN4O/c1-14-21(15(2)28(27-14)17-8-6-5-7-9-17)26-20(29)13-25-22(3,4)18-11-10-16(24)12-19(18)23/h5-12,25H,13H2,1-4H3,(H,26,29). The summed E-state index contributed by atoms with van der Waals surface area (Å²) in [6.07, 6.45) is 0. The van der Waals surface area contributed by atoms with E-state index in [1.165, 1.54) is 12.1 Å². The summed E-state index contributed by atoms with van der Waals surface area (Å²) < 4.78 is 15.1. The van der Waals surface area contributed by atoms with Gasteiger partial charge in [0.15, 0.2) is 0 Å². The van der Waals surface area contributed by atoms with Crippen LogP contribution in [-0.4, -0.2) is 22.2 Å². The van der Waals surface area contributed by atoms with Crippen molar-refractivity contribution in [1.82, 2.24) is 15.1 Å². The number of nitrogens with zero attached hydrogens (tertiary/aromatic N) is 2. The van der Waals surface area contributed by atoms with Gasteiger partial charge in [-0.3, -0.25) is 10.1 Å². The Hall–Kier alpha value is -2.70. The van der Waals surface area contributed by atoms with Crippen LogP contribution in [0.2, 0.25) is 5.02 Å². The van der Waals surface area contributed by atoms with E-state index in [9.17, 15) is 9.18 Å². The van der Waals surface area contributed by atoms with E-state index < -0.39 is 11.4 Å². The normalized spacial score (nSPS) is 11.5. The maximum atomic E-state index is 13.3. The molecule has 7 heteroatoms.